The van der Waals surface area contributed by atoms with E-state index < -0.39 is 0 Å². The monoisotopic (exact) mass is 394 g/mol. The van der Waals surface area contributed by atoms with E-state index in [1.54, 1.807) is 0 Å². The third kappa shape index (κ3) is 5.55. The Hall–Kier alpha value is -0.980. The van der Waals surface area contributed by atoms with Crippen molar-refractivity contribution in [3.8, 4) is 0 Å². The lowest BCUT2D eigenvalue weighted by atomic mass is 9.73. The predicted molar refractivity (Wildman–Crippen MR) is 108 cm³/mol. The van der Waals surface area contributed by atoms with Gasteiger partial charge in [-0.15, -0.1) is 0 Å². The van der Waals surface area contributed by atoms with Gasteiger partial charge in [0.1, 0.15) is 5.78 Å². The molecule has 1 N–H and O–H groups in total. The summed E-state index contributed by atoms with van der Waals surface area (Å²) in [4.78, 5) is 27.3. The third-order valence-corrected chi connectivity index (χ3v) is 6.83. The molecule has 0 bridgehead atoms. The van der Waals surface area contributed by atoms with Gasteiger partial charge in [0, 0.05) is 24.9 Å². The lowest BCUT2D eigenvalue weighted by molar-refractivity contribution is -0.148. The van der Waals surface area contributed by atoms with Crippen LogP contribution in [0.2, 0.25) is 0 Å². The highest BCUT2D eigenvalue weighted by atomic mass is 16.5. The Bertz CT molecular complexity index is 531. The average Bonchev–Trinajstić information content (AvgIpc) is 2.68. The van der Waals surface area contributed by atoms with Gasteiger partial charge in [0.2, 0.25) is 5.91 Å². The van der Waals surface area contributed by atoms with Gasteiger partial charge in [-0.25, -0.2) is 0 Å². The summed E-state index contributed by atoms with van der Waals surface area (Å²) in [6.45, 7) is 4.51. The minimum Gasteiger partial charge on any atom is -0.378 e. The number of hydrogen-bond donors (Lipinski definition) is 1. The summed E-state index contributed by atoms with van der Waals surface area (Å²) < 4.78 is 11.9. The quantitative estimate of drug-likeness (QED) is 0.672. The number of ketones is 1. The van der Waals surface area contributed by atoms with Crippen LogP contribution < -0.4 is 5.32 Å². The molecule has 0 spiro atoms. The molecule has 0 aromatic carbocycles. The van der Waals surface area contributed by atoms with Crippen molar-refractivity contribution in [2.24, 2.45) is 17.8 Å². The second kappa shape index (κ2) is 10.2. The van der Waals surface area contributed by atoms with E-state index in [-0.39, 0.29) is 29.9 Å². The van der Waals surface area contributed by atoms with E-state index in [2.05, 4.69) is 31.2 Å². The highest BCUT2D eigenvalue weighted by molar-refractivity contribution is 5.83. The Balaban J connectivity index is 1.44. The summed E-state index contributed by atoms with van der Waals surface area (Å²) in [5.41, 5.74) is 0. The SMILES string of the molecule is CC1CCC2C(=O)CCOC2C1NC(=O)C1CCC(OCCCN(C)C)CC1. The second-order valence-corrected chi connectivity index (χ2v) is 9.25. The van der Waals surface area contributed by atoms with Crippen LogP contribution in [0.1, 0.15) is 58.3 Å². The van der Waals surface area contributed by atoms with E-state index in [9.17, 15) is 9.59 Å². The van der Waals surface area contributed by atoms with Crippen LogP contribution in [-0.4, -0.2) is 68.7 Å². The summed E-state index contributed by atoms with van der Waals surface area (Å²) in [6.07, 6.45) is 7.31. The first-order valence-electron chi connectivity index (χ1n) is 11.2. The van der Waals surface area contributed by atoms with Crippen LogP contribution in [0.4, 0.5) is 0 Å². The van der Waals surface area contributed by atoms with Gasteiger partial charge in [-0.3, -0.25) is 9.59 Å². The number of nitrogens with zero attached hydrogens (tertiary/aromatic N) is 1. The maximum Gasteiger partial charge on any atom is 0.223 e. The molecule has 2 aliphatic carbocycles. The molecule has 2 saturated carbocycles. The Kier molecular flexibility index (Phi) is 7.89. The van der Waals surface area contributed by atoms with Gasteiger partial charge in [-0.05, 0) is 71.5 Å². The van der Waals surface area contributed by atoms with Crippen molar-refractivity contribution < 1.29 is 19.1 Å². The van der Waals surface area contributed by atoms with Crippen LogP contribution in [0.5, 0.6) is 0 Å². The minimum absolute atomic E-state index is 0.0263. The molecule has 6 nitrogen and oxygen atoms in total. The summed E-state index contributed by atoms with van der Waals surface area (Å²) in [5, 5.41) is 3.28. The molecule has 0 aromatic heterocycles. The number of hydrogen-bond acceptors (Lipinski definition) is 5. The number of rotatable bonds is 7. The van der Waals surface area contributed by atoms with E-state index in [1.165, 1.54) is 0 Å². The molecular formula is C22H38N2O4. The first-order valence-corrected chi connectivity index (χ1v) is 11.2. The molecule has 3 rings (SSSR count). The summed E-state index contributed by atoms with van der Waals surface area (Å²) in [7, 11) is 4.15. The average molecular weight is 395 g/mol. The largest absolute Gasteiger partial charge is 0.378 e. The first kappa shape index (κ1) is 21.7. The zero-order chi connectivity index (χ0) is 20.1. The number of nitrogens with one attached hydrogen (secondary N) is 1. The van der Waals surface area contributed by atoms with E-state index in [0.717, 1.165) is 58.1 Å². The standard InChI is InChI=1S/C22H38N2O4/c1-15-5-10-18-19(25)11-14-28-21(18)20(15)23-22(26)16-6-8-17(9-7-16)27-13-4-12-24(2)3/h15-18,20-21H,4-14H2,1-3H3,(H,23,26). The number of carbonyl (C=O) groups is 2. The highest BCUT2D eigenvalue weighted by Crippen LogP contribution is 2.36. The van der Waals surface area contributed by atoms with Crippen molar-refractivity contribution >= 4 is 11.7 Å². The molecule has 6 heteroatoms. The highest BCUT2D eigenvalue weighted by Gasteiger charge is 2.44. The van der Waals surface area contributed by atoms with Crippen LogP contribution in [0.15, 0.2) is 0 Å². The van der Waals surface area contributed by atoms with Crippen LogP contribution in [0.25, 0.3) is 0 Å². The molecule has 3 aliphatic rings. The lowest BCUT2D eigenvalue weighted by Gasteiger charge is -2.44. The smallest absolute Gasteiger partial charge is 0.223 e. The molecule has 1 saturated heterocycles. The number of Topliss-reactive ketones (excluding diaryl/α,β-unsaturated/α-hetero) is 1. The van der Waals surface area contributed by atoms with Gasteiger partial charge in [0.25, 0.3) is 0 Å². The number of ether oxygens (including phenoxy) is 2. The van der Waals surface area contributed by atoms with E-state index in [4.69, 9.17) is 9.47 Å². The molecule has 4 unspecified atom stereocenters. The fraction of sp³-hybridized carbons (Fsp3) is 0.909. The van der Waals surface area contributed by atoms with E-state index >= 15 is 0 Å². The molecule has 160 valence electrons. The molecule has 1 heterocycles. The Morgan fingerprint density at radius 2 is 1.93 bits per heavy atom. The predicted octanol–water partition coefficient (Wildman–Crippen LogP) is 2.40. The molecule has 4 atom stereocenters. The zero-order valence-electron chi connectivity index (χ0n) is 17.8. The van der Waals surface area contributed by atoms with Crippen molar-refractivity contribution in [3.05, 3.63) is 0 Å². The lowest BCUT2D eigenvalue weighted by Crippen LogP contribution is -2.58. The molecule has 0 radical (unpaired) electrons. The summed E-state index contributed by atoms with van der Waals surface area (Å²) >= 11 is 0. The fourth-order valence-electron chi connectivity index (χ4n) is 5.03. The van der Waals surface area contributed by atoms with Gasteiger partial charge < -0.3 is 19.7 Å². The van der Waals surface area contributed by atoms with Crippen molar-refractivity contribution in [1.29, 1.82) is 0 Å². The summed E-state index contributed by atoms with van der Waals surface area (Å²) in [6, 6.07) is -0.0319. The Morgan fingerprint density at radius 1 is 1.18 bits per heavy atom. The topological polar surface area (TPSA) is 67.9 Å². The van der Waals surface area contributed by atoms with Crippen LogP contribution in [-0.2, 0) is 19.1 Å². The number of amides is 1. The summed E-state index contributed by atoms with van der Waals surface area (Å²) in [5.74, 6) is 0.849. The zero-order valence-corrected chi connectivity index (χ0v) is 17.8. The number of carbonyl (C=O) groups excluding carboxylic acids is 2. The van der Waals surface area contributed by atoms with Gasteiger partial charge >= 0.3 is 0 Å². The van der Waals surface area contributed by atoms with Crippen LogP contribution in [0.3, 0.4) is 0 Å². The van der Waals surface area contributed by atoms with Gasteiger partial charge in [0.05, 0.1) is 24.9 Å². The van der Waals surface area contributed by atoms with Gasteiger partial charge in [-0.1, -0.05) is 6.92 Å². The fourth-order valence-corrected chi connectivity index (χ4v) is 5.03. The Morgan fingerprint density at radius 3 is 2.64 bits per heavy atom. The van der Waals surface area contributed by atoms with Gasteiger partial charge in [0.15, 0.2) is 0 Å². The molecule has 1 aliphatic heterocycles. The molecule has 3 fully saturated rings. The van der Waals surface area contributed by atoms with Crippen molar-refractivity contribution in [3.63, 3.8) is 0 Å². The minimum atomic E-state index is -0.134. The van der Waals surface area contributed by atoms with Crippen molar-refractivity contribution in [2.75, 3.05) is 33.9 Å². The van der Waals surface area contributed by atoms with E-state index in [0.29, 0.717) is 30.8 Å². The maximum absolute atomic E-state index is 12.9. The molecule has 28 heavy (non-hydrogen) atoms. The normalized spacial score (nSPS) is 36.2. The van der Waals surface area contributed by atoms with Crippen LogP contribution >= 0.6 is 0 Å². The van der Waals surface area contributed by atoms with Crippen LogP contribution in [0, 0.1) is 17.8 Å². The third-order valence-electron chi connectivity index (χ3n) is 6.83. The van der Waals surface area contributed by atoms with Crippen molar-refractivity contribution in [2.45, 2.75) is 76.5 Å². The Labute approximate surface area is 169 Å². The second-order valence-electron chi connectivity index (χ2n) is 9.25. The molecule has 1 amide bonds. The maximum atomic E-state index is 12.9. The molecule has 0 aromatic rings. The van der Waals surface area contributed by atoms with Gasteiger partial charge in [-0.2, -0.15) is 0 Å². The molecular weight excluding hydrogens is 356 g/mol. The first-order chi connectivity index (χ1) is 13.5. The van der Waals surface area contributed by atoms with Crippen molar-refractivity contribution in [1.82, 2.24) is 10.2 Å². The number of fused-ring (bicyclic) bond motifs is 1. The van der Waals surface area contributed by atoms with E-state index in [1.807, 2.05) is 0 Å².